The lowest BCUT2D eigenvalue weighted by Crippen LogP contribution is -2.12. The highest BCUT2D eigenvalue weighted by Gasteiger charge is 2.13. The molecule has 0 spiro atoms. The molecule has 0 aromatic carbocycles. The van der Waals surface area contributed by atoms with E-state index < -0.39 is 0 Å². The highest BCUT2D eigenvalue weighted by atomic mass is 28.2. The highest BCUT2D eigenvalue weighted by Crippen LogP contribution is 2.25. The summed E-state index contributed by atoms with van der Waals surface area (Å²) in [7, 11) is 0.431. The molecule has 0 aromatic rings. The zero-order valence-corrected chi connectivity index (χ0v) is 12.7. The number of hydrogen-bond donors (Lipinski definition) is 0. The lowest BCUT2D eigenvalue weighted by atomic mass is 10.2. The zero-order chi connectivity index (χ0) is 9.83. The van der Waals surface area contributed by atoms with Crippen molar-refractivity contribution in [1.29, 1.82) is 0 Å². The van der Waals surface area contributed by atoms with Gasteiger partial charge < -0.3 is 0 Å². The summed E-state index contributed by atoms with van der Waals surface area (Å²) in [6.45, 7) is 14.4. The molecule has 0 aliphatic rings. The zero-order valence-electron chi connectivity index (χ0n) is 9.83. The first kappa shape index (κ1) is 12.4. The van der Waals surface area contributed by atoms with Gasteiger partial charge in [-0.15, -0.1) is 0 Å². The van der Waals surface area contributed by atoms with E-state index in [0.29, 0.717) is 10.1 Å². The molecule has 0 atom stereocenters. The Kier molecular flexibility index (Phi) is 4.78. The second-order valence-electron chi connectivity index (χ2n) is 6.33. The molecular weight excluding hydrogens is 176 g/mol. The molecule has 0 aliphatic heterocycles. The summed E-state index contributed by atoms with van der Waals surface area (Å²) in [5, 5.41) is 1.37. The van der Waals surface area contributed by atoms with Crippen LogP contribution in [0.15, 0.2) is 0 Å². The van der Waals surface area contributed by atoms with Crippen molar-refractivity contribution in [1.82, 2.24) is 0 Å². The highest BCUT2D eigenvalue weighted by molar-refractivity contribution is 6.45. The molecule has 0 aliphatic carbocycles. The van der Waals surface area contributed by atoms with Crippen molar-refractivity contribution >= 4 is 19.0 Å². The predicted octanol–water partition coefficient (Wildman–Crippen LogP) is 2.60. The molecule has 0 bridgehead atoms. The van der Waals surface area contributed by atoms with Crippen LogP contribution in [0.5, 0.6) is 0 Å². The van der Waals surface area contributed by atoms with E-state index in [1.165, 1.54) is 0 Å². The Morgan fingerprint density at radius 3 is 1.08 bits per heavy atom. The van der Waals surface area contributed by atoms with Crippen molar-refractivity contribution in [2.45, 2.75) is 63.7 Å². The smallest absolute Gasteiger partial charge is 0.0257 e. The number of rotatable bonds is 3. The second-order valence-corrected chi connectivity index (χ2v) is 13.0. The molecule has 0 amide bonds. The van der Waals surface area contributed by atoms with E-state index in [9.17, 15) is 0 Å². The summed E-state index contributed by atoms with van der Waals surface area (Å²) >= 11 is 0. The van der Waals surface area contributed by atoms with Crippen LogP contribution in [-0.2, 0) is 0 Å². The van der Waals surface area contributed by atoms with Gasteiger partial charge in [-0.1, -0.05) is 53.6 Å². The van der Waals surface area contributed by atoms with Gasteiger partial charge >= 0.3 is 0 Å². The molecule has 0 unspecified atom stereocenters. The first-order valence-electron chi connectivity index (χ1n) is 5.21. The first-order chi connectivity index (χ1) is 5.21. The molecule has 2 heteroatoms. The van der Waals surface area contributed by atoms with E-state index in [1.807, 2.05) is 0 Å². The van der Waals surface area contributed by atoms with Crippen molar-refractivity contribution in [2.75, 3.05) is 0 Å². The van der Waals surface area contributed by atoms with E-state index in [4.69, 9.17) is 0 Å². The average Bonchev–Trinajstić information content (AvgIpc) is 1.76. The third kappa shape index (κ3) is 10.4. The summed E-state index contributed by atoms with van der Waals surface area (Å²) in [6, 6.07) is 3.18. The van der Waals surface area contributed by atoms with Crippen LogP contribution in [0, 0.1) is 0 Å². The van der Waals surface area contributed by atoms with E-state index in [2.05, 4.69) is 41.5 Å². The summed E-state index contributed by atoms with van der Waals surface area (Å²) in [4.78, 5) is 0. The van der Waals surface area contributed by atoms with Gasteiger partial charge in [0.1, 0.15) is 0 Å². The van der Waals surface area contributed by atoms with Gasteiger partial charge in [-0.2, -0.15) is 0 Å². The SMILES string of the molecule is CC(C)(C)[SiH2]CC[SiH2]C(C)(C)C. The Morgan fingerprint density at radius 2 is 0.917 bits per heavy atom. The molecule has 0 saturated carbocycles. The van der Waals surface area contributed by atoms with E-state index >= 15 is 0 Å². The van der Waals surface area contributed by atoms with Gasteiger partial charge in [-0.05, 0) is 10.1 Å². The fourth-order valence-electron chi connectivity index (χ4n) is 1.31. The Bertz CT molecular complexity index is 101. The van der Waals surface area contributed by atoms with Gasteiger partial charge in [0.15, 0.2) is 0 Å². The summed E-state index contributed by atoms with van der Waals surface area (Å²) in [5.41, 5.74) is 0. The normalized spacial score (nSPS) is 15.5. The Labute approximate surface area is 83.2 Å². The quantitative estimate of drug-likeness (QED) is 0.487. The molecule has 0 N–H and O–H groups in total. The van der Waals surface area contributed by atoms with Crippen LogP contribution >= 0.6 is 0 Å². The maximum atomic E-state index is 2.40. The minimum atomic E-state index is 0.215. The minimum absolute atomic E-state index is 0.215. The van der Waals surface area contributed by atoms with Crippen molar-refractivity contribution in [3.8, 4) is 0 Å². The molecule has 74 valence electrons. The van der Waals surface area contributed by atoms with Crippen LogP contribution in [0.4, 0.5) is 0 Å². The van der Waals surface area contributed by atoms with Crippen molar-refractivity contribution in [2.24, 2.45) is 0 Å². The topological polar surface area (TPSA) is 0 Å². The molecule has 0 heterocycles. The van der Waals surface area contributed by atoms with E-state index in [1.54, 1.807) is 12.1 Å². The maximum Gasteiger partial charge on any atom is 0.0257 e. The standard InChI is InChI=1S/C10H26Si2/c1-9(2,3)11-7-8-12-10(4,5)6/h7-8,11-12H2,1-6H3. The van der Waals surface area contributed by atoms with Crippen LogP contribution in [0.1, 0.15) is 41.5 Å². The third-order valence-electron chi connectivity index (χ3n) is 2.10. The molecule has 0 fully saturated rings. The Morgan fingerprint density at radius 1 is 0.667 bits per heavy atom. The minimum Gasteiger partial charge on any atom is -0.0652 e. The largest absolute Gasteiger partial charge is 0.0652 e. The molecule has 12 heavy (non-hydrogen) atoms. The average molecular weight is 202 g/mol. The molecule has 0 aromatic heterocycles. The monoisotopic (exact) mass is 202 g/mol. The lowest BCUT2D eigenvalue weighted by molar-refractivity contribution is 0.741. The van der Waals surface area contributed by atoms with E-state index in [-0.39, 0.29) is 19.0 Å². The van der Waals surface area contributed by atoms with Crippen molar-refractivity contribution in [3.63, 3.8) is 0 Å². The van der Waals surface area contributed by atoms with Crippen molar-refractivity contribution < 1.29 is 0 Å². The van der Waals surface area contributed by atoms with Gasteiger partial charge in [-0.3, -0.25) is 0 Å². The van der Waals surface area contributed by atoms with Crippen LogP contribution in [-0.4, -0.2) is 19.0 Å². The molecule has 0 radical (unpaired) electrons. The van der Waals surface area contributed by atoms with Crippen LogP contribution in [0.25, 0.3) is 0 Å². The molecule has 0 saturated heterocycles. The summed E-state index contributed by atoms with van der Waals surface area (Å²) in [6.07, 6.45) is 0. The van der Waals surface area contributed by atoms with Gasteiger partial charge in [0, 0.05) is 19.0 Å². The Balaban J connectivity index is 3.35. The van der Waals surface area contributed by atoms with Gasteiger partial charge in [0.25, 0.3) is 0 Å². The fourth-order valence-corrected chi connectivity index (χ4v) is 5.43. The van der Waals surface area contributed by atoms with Gasteiger partial charge in [0.05, 0.1) is 0 Å². The first-order valence-corrected chi connectivity index (χ1v) is 8.62. The van der Waals surface area contributed by atoms with Crippen molar-refractivity contribution in [3.05, 3.63) is 0 Å². The van der Waals surface area contributed by atoms with Gasteiger partial charge in [0.2, 0.25) is 0 Å². The van der Waals surface area contributed by atoms with E-state index in [0.717, 1.165) is 0 Å². The Hall–Kier alpha value is 0.434. The maximum absolute atomic E-state index is 2.40. The van der Waals surface area contributed by atoms with Crippen LogP contribution in [0.2, 0.25) is 22.2 Å². The molecular formula is C10H26Si2. The van der Waals surface area contributed by atoms with Gasteiger partial charge in [-0.25, -0.2) is 0 Å². The lowest BCUT2D eigenvalue weighted by Gasteiger charge is -2.20. The van der Waals surface area contributed by atoms with Crippen LogP contribution < -0.4 is 0 Å². The second kappa shape index (κ2) is 4.61. The summed E-state index contributed by atoms with van der Waals surface area (Å²) < 4.78 is 0. The number of hydrogen-bond acceptors (Lipinski definition) is 0. The third-order valence-corrected chi connectivity index (χ3v) is 7.81. The van der Waals surface area contributed by atoms with Crippen LogP contribution in [0.3, 0.4) is 0 Å². The molecule has 0 rings (SSSR count). The summed E-state index contributed by atoms with van der Waals surface area (Å²) in [5.74, 6) is 0. The predicted molar refractivity (Wildman–Crippen MR) is 66.1 cm³/mol. The molecule has 0 nitrogen and oxygen atoms in total. The fraction of sp³-hybridized carbons (Fsp3) is 1.00.